The number of hydrogen-bond acceptors (Lipinski definition) is 2. The predicted molar refractivity (Wildman–Crippen MR) is 130 cm³/mol. The van der Waals surface area contributed by atoms with Crippen molar-refractivity contribution in [2.24, 2.45) is 5.92 Å². The summed E-state index contributed by atoms with van der Waals surface area (Å²) in [5, 5.41) is 2.99. The fraction of sp³-hybridized carbons (Fsp3) is 0.286. The van der Waals surface area contributed by atoms with Crippen LogP contribution in [0.5, 0.6) is 0 Å². The minimum atomic E-state index is -0.0354. The van der Waals surface area contributed by atoms with Crippen molar-refractivity contribution in [1.29, 1.82) is 0 Å². The first kappa shape index (κ1) is 23.3. The quantitative estimate of drug-likeness (QED) is 0.494. The molecule has 0 saturated heterocycles. The van der Waals surface area contributed by atoms with Crippen LogP contribution >= 0.6 is 0 Å². The van der Waals surface area contributed by atoms with Crippen molar-refractivity contribution in [3.8, 4) is 0 Å². The van der Waals surface area contributed by atoms with E-state index in [0.717, 1.165) is 22.4 Å². The molecule has 2 amide bonds. The van der Waals surface area contributed by atoms with Crippen LogP contribution < -0.4 is 10.2 Å². The Morgan fingerprint density at radius 1 is 0.844 bits per heavy atom. The molecule has 0 aliphatic rings. The molecule has 0 aliphatic heterocycles. The number of carbonyl (C=O) groups excluding carboxylic acids is 2. The van der Waals surface area contributed by atoms with E-state index in [1.165, 1.54) is 5.56 Å². The zero-order valence-electron chi connectivity index (χ0n) is 19.2. The molecule has 3 rings (SSSR count). The third kappa shape index (κ3) is 7.09. The molecule has 0 saturated carbocycles. The van der Waals surface area contributed by atoms with Crippen molar-refractivity contribution < 1.29 is 9.59 Å². The molecular weight excluding hydrogens is 396 g/mol. The molecule has 3 aromatic rings. The van der Waals surface area contributed by atoms with Gasteiger partial charge in [0.1, 0.15) is 0 Å². The van der Waals surface area contributed by atoms with Gasteiger partial charge in [0.05, 0.1) is 13.0 Å². The molecule has 32 heavy (non-hydrogen) atoms. The van der Waals surface area contributed by atoms with Crippen LogP contribution in [0.4, 0.5) is 5.69 Å². The Morgan fingerprint density at radius 2 is 1.53 bits per heavy atom. The Bertz CT molecular complexity index is 1040. The SMILES string of the molecule is Cc1cccc(CNC(=O)Cc2cccc(N(Cc3ccccc3)C(=O)CC(C)C)c2)c1. The maximum Gasteiger partial charge on any atom is 0.227 e. The van der Waals surface area contributed by atoms with Gasteiger partial charge in [-0.1, -0.05) is 86.1 Å². The van der Waals surface area contributed by atoms with Gasteiger partial charge in [0.15, 0.2) is 0 Å². The minimum absolute atomic E-state index is 0.0354. The van der Waals surface area contributed by atoms with Gasteiger partial charge in [0.25, 0.3) is 0 Å². The Kier molecular flexibility index (Phi) is 8.20. The number of anilines is 1. The zero-order valence-corrected chi connectivity index (χ0v) is 19.2. The van der Waals surface area contributed by atoms with E-state index in [-0.39, 0.29) is 24.2 Å². The van der Waals surface area contributed by atoms with Crippen molar-refractivity contribution >= 4 is 17.5 Å². The van der Waals surface area contributed by atoms with E-state index in [9.17, 15) is 9.59 Å². The molecule has 1 N–H and O–H groups in total. The summed E-state index contributed by atoms with van der Waals surface area (Å²) in [6.45, 7) is 7.16. The molecule has 0 atom stereocenters. The first-order valence-electron chi connectivity index (χ1n) is 11.2. The van der Waals surface area contributed by atoms with E-state index in [0.29, 0.717) is 19.5 Å². The second-order valence-corrected chi connectivity index (χ2v) is 8.68. The van der Waals surface area contributed by atoms with Crippen LogP contribution in [0.25, 0.3) is 0 Å². The van der Waals surface area contributed by atoms with Crippen LogP contribution in [0.15, 0.2) is 78.9 Å². The molecule has 0 radical (unpaired) electrons. The van der Waals surface area contributed by atoms with Crippen LogP contribution in [0.3, 0.4) is 0 Å². The van der Waals surface area contributed by atoms with Crippen molar-refractivity contribution in [1.82, 2.24) is 5.32 Å². The summed E-state index contributed by atoms with van der Waals surface area (Å²) in [4.78, 5) is 27.4. The highest BCUT2D eigenvalue weighted by Gasteiger charge is 2.18. The van der Waals surface area contributed by atoms with Gasteiger partial charge in [-0.3, -0.25) is 9.59 Å². The maximum absolute atomic E-state index is 13.0. The first-order valence-corrected chi connectivity index (χ1v) is 11.2. The molecule has 0 aliphatic carbocycles. The predicted octanol–water partition coefficient (Wildman–Crippen LogP) is 5.43. The summed E-state index contributed by atoms with van der Waals surface area (Å²) in [5.41, 5.74) is 5.04. The number of benzene rings is 3. The lowest BCUT2D eigenvalue weighted by molar-refractivity contribution is -0.120. The normalized spacial score (nSPS) is 10.8. The zero-order chi connectivity index (χ0) is 22.9. The average Bonchev–Trinajstić information content (AvgIpc) is 2.76. The van der Waals surface area contributed by atoms with Gasteiger partial charge < -0.3 is 10.2 Å². The number of nitrogens with zero attached hydrogens (tertiary/aromatic N) is 1. The summed E-state index contributed by atoms with van der Waals surface area (Å²) in [6.07, 6.45) is 0.755. The van der Waals surface area contributed by atoms with Crippen molar-refractivity contribution in [3.63, 3.8) is 0 Å². The third-order valence-electron chi connectivity index (χ3n) is 5.23. The van der Waals surface area contributed by atoms with Crippen LogP contribution in [-0.2, 0) is 29.1 Å². The Labute approximate surface area is 191 Å². The number of nitrogens with one attached hydrogen (secondary N) is 1. The maximum atomic E-state index is 13.0. The summed E-state index contributed by atoms with van der Waals surface area (Å²) in [6, 6.07) is 25.8. The molecule has 0 heterocycles. The number of rotatable bonds is 9. The molecule has 0 bridgehead atoms. The molecule has 0 aromatic heterocycles. The second-order valence-electron chi connectivity index (χ2n) is 8.68. The van der Waals surface area contributed by atoms with E-state index in [4.69, 9.17) is 0 Å². The monoisotopic (exact) mass is 428 g/mol. The van der Waals surface area contributed by atoms with E-state index in [1.807, 2.05) is 98.5 Å². The molecule has 0 unspecified atom stereocenters. The smallest absolute Gasteiger partial charge is 0.227 e. The van der Waals surface area contributed by atoms with Crippen LogP contribution in [-0.4, -0.2) is 11.8 Å². The highest BCUT2D eigenvalue weighted by atomic mass is 16.2. The molecule has 166 valence electrons. The van der Waals surface area contributed by atoms with Gasteiger partial charge in [-0.15, -0.1) is 0 Å². The summed E-state index contributed by atoms with van der Waals surface area (Å²) in [7, 11) is 0. The Hall–Kier alpha value is -3.40. The van der Waals surface area contributed by atoms with Crippen molar-refractivity contribution in [2.75, 3.05) is 4.90 Å². The Morgan fingerprint density at radius 3 is 2.25 bits per heavy atom. The average molecular weight is 429 g/mol. The molecule has 0 fully saturated rings. The molecule has 0 spiro atoms. The molecule has 3 aromatic carbocycles. The van der Waals surface area contributed by atoms with E-state index >= 15 is 0 Å². The lowest BCUT2D eigenvalue weighted by atomic mass is 10.1. The van der Waals surface area contributed by atoms with Gasteiger partial charge in [0, 0.05) is 18.7 Å². The highest BCUT2D eigenvalue weighted by molar-refractivity contribution is 5.93. The van der Waals surface area contributed by atoms with E-state index in [1.54, 1.807) is 0 Å². The molecular formula is C28H32N2O2. The lowest BCUT2D eigenvalue weighted by Crippen LogP contribution is -2.31. The van der Waals surface area contributed by atoms with Gasteiger partial charge in [0.2, 0.25) is 11.8 Å². The van der Waals surface area contributed by atoms with Crippen LogP contribution in [0.2, 0.25) is 0 Å². The Balaban J connectivity index is 1.71. The van der Waals surface area contributed by atoms with Gasteiger partial charge in [-0.25, -0.2) is 0 Å². The number of hydrogen-bond donors (Lipinski definition) is 1. The van der Waals surface area contributed by atoms with E-state index in [2.05, 4.69) is 11.4 Å². The lowest BCUT2D eigenvalue weighted by Gasteiger charge is -2.24. The molecule has 4 nitrogen and oxygen atoms in total. The highest BCUT2D eigenvalue weighted by Crippen LogP contribution is 2.22. The largest absolute Gasteiger partial charge is 0.352 e. The van der Waals surface area contributed by atoms with Gasteiger partial charge in [-0.05, 0) is 41.7 Å². The summed E-state index contributed by atoms with van der Waals surface area (Å²) in [5.74, 6) is 0.327. The summed E-state index contributed by atoms with van der Waals surface area (Å²) >= 11 is 0. The van der Waals surface area contributed by atoms with Crippen molar-refractivity contribution in [3.05, 3.63) is 101 Å². The van der Waals surface area contributed by atoms with Gasteiger partial charge in [-0.2, -0.15) is 0 Å². The minimum Gasteiger partial charge on any atom is -0.352 e. The van der Waals surface area contributed by atoms with Crippen LogP contribution in [0, 0.1) is 12.8 Å². The number of aryl methyl sites for hydroxylation is 1. The van der Waals surface area contributed by atoms with E-state index < -0.39 is 0 Å². The third-order valence-corrected chi connectivity index (χ3v) is 5.23. The van der Waals surface area contributed by atoms with Crippen molar-refractivity contribution in [2.45, 2.75) is 46.7 Å². The molecule has 4 heteroatoms. The fourth-order valence-electron chi connectivity index (χ4n) is 3.65. The standard InChI is InChI=1S/C28H32N2O2/c1-21(2)15-28(32)30(20-23-10-5-4-6-11-23)26-14-8-12-24(17-26)18-27(31)29-19-25-13-7-9-22(3)16-25/h4-14,16-17,21H,15,18-20H2,1-3H3,(H,29,31). The fourth-order valence-corrected chi connectivity index (χ4v) is 3.65. The van der Waals surface area contributed by atoms with Gasteiger partial charge >= 0.3 is 0 Å². The summed E-state index contributed by atoms with van der Waals surface area (Å²) < 4.78 is 0. The first-order chi connectivity index (χ1) is 15.4. The van der Waals surface area contributed by atoms with Crippen LogP contribution in [0.1, 0.15) is 42.5 Å². The topological polar surface area (TPSA) is 49.4 Å². The second kappa shape index (κ2) is 11.3. The number of carbonyl (C=O) groups is 2. The number of amides is 2.